The van der Waals surface area contributed by atoms with Crippen LogP contribution in [0, 0.1) is 0 Å². The second kappa shape index (κ2) is 12.2. The van der Waals surface area contributed by atoms with Gasteiger partial charge < -0.3 is 9.32 Å². The Kier molecular flexibility index (Phi) is 6.90. The molecule has 0 aliphatic carbocycles. The first-order chi connectivity index (χ1) is 26.8. The predicted octanol–water partition coefficient (Wildman–Crippen LogP) is 15.0. The summed E-state index contributed by atoms with van der Waals surface area (Å²) in [4.78, 5) is 2.40. The van der Waals surface area contributed by atoms with Crippen LogP contribution in [0.2, 0.25) is 0 Å². The van der Waals surface area contributed by atoms with Crippen molar-refractivity contribution >= 4 is 82.1 Å². The van der Waals surface area contributed by atoms with E-state index in [9.17, 15) is 0 Å². The second-order valence-corrected chi connectivity index (χ2v) is 14.1. The molecule has 2 nitrogen and oxygen atoms in total. The maximum Gasteiger partial charge on any atom is 0.145 e. The number of fused-ring (bicyclic) bond motifs is 9. The molecule has 0 fully saturated rings. The summed E-state index contributed by atoms with van der Waals surface area (Å²) >= 11 is 0. The van der Waals surface area contributed by atoms with Crippen LogP contribution in [0.1, 0.15) is 0 Å². The molecule has 0 amide bonds. The highest BCUT2D eigenvalue weighted by Gasteiger charge is 2.22. The fourth-order valence-corrected chi connectivity index (χ4v) is 8.41. The van der Waals surface area contributed by atoms with Gasteiger partial charge in [0.15, 0.2) is 0 Å². The third kappa shape index (κ3) is 4.88. The molecule has 0 atom stereocenters. The molecule has 1 heterocycles. The lowest BCUT2D eigenvalue weighted by molar-refractivity contribution is 0.672. The van der Waals surface area contributed by atoms with Crippen molar-refractivity contribution in [2.75, 3.05) is 4.90 Å². The minimum atomic E-state index is 0.886. The van der Waals surface area contributed by atoms with Crippen molar-refractivity contribution < 1.29 is 4.42 Å². The van der Waals surface area contributed by atoms with E-state index in [-0.39, 0.29) is 0 Å². The molecule has 0 saturated heterocycles. The largest absolute Gasteiger partial charge is 0.455 e. The fourth-order valence-electron chi connectivity index (χ4n) is 8.41. The molecule has 252 valence electrons. The van der Waals surface area contributed by atoms with Crippen LogP contribution in [-0.2, 0) is 0 Å². The van der Waals surface area contributed by atoms with Gasteiger partial charge in [-0.05, 0) is 108 Å². The number of furan rings is 1. The van der Waals surface area contributed by atoms with Crippen molar-refractivity contribution in [1.82, 2.24) is 0 Å². The van der Waals surface area contributed by atoms with Gasteiger partial charge in [0.25, 0.3) is 0 Å². The normalized spacial score (nSPS) is 11.7. The number of benzene rings is 10. The molecule has 0 radical (unpaired) electrons. The molecule has 0 spiro atoms. The van der Waals surface area contributed by atoms with Gasteiger partial charge in [0.1, 0.15) is 11.2 Å². The summed E-state index contributed by atoms with van der Waals surface area (Å²) in [5.74, 6) is 0. The average molecular weight is 688 g/mol. The van der Waals surface area contributed by atoms with Crippen LogP contribution in [-0.4, -0.2) is 0 Å². The Morgan fingerprint density at radius 1 is 0.333 bits per heavy atom. The van der Waals surface area contributed by atoms with Gasteiger partial charge in [-0.1, -0.05) is 152 Å². The highest BCUT2D eigenvalue weighted by Crippen LogP contribution is 2.47. The number of anilines is 3. The predicted molar refractivity (Wildman–Crippen MR) is 229 cm³/mol. The minimum Gasteiger partial charge on any atom is -0.455 e. The fraction of sp³-hybridized carbons (Fsp3) is 0. The first kappa shape index (κ1) is 30.5. The van der Waals surface area contributed by atoms with Crippen molar-refractivity contribution in [3.05, 3.63) is 200 Å². The Morgan fingerprint density at radius 2 is 0.907 bits per heavy atom. The quantitative estimate of drug-likeness (QED) is 0.168. The number of rotatable bonds is 5. The summed E-state index contributed by atoms with van der Waals surface area (Å²) in [6.45, 7) is 0. The first-order valence-electron chi connectivity index (χ1n) is 18.5. The molecular formula is C52H33NO. The Balaban J connectivity index is 1.12. The molecule has 0 saturated carbocycles. The van der Waals surface area contributed by atoms with Gasteiger partial charge in [0, 0.05) is 22.1 Å². The molecule has 0 bridgehead atoms. The molecular weight excluding hydrogens is 655 g/mol. The van der Waals surface area contributed by atoms with Gasteiger partial charge in [-0.3, -0.25) is 0 Å². The topological polar surface area (TPSA) is 16.4 Å². The van der Waals surface area contributed by atoms with E-state index in [0.717, 1.165) is 49.8 Å². The molecule has 11 rings (SSSR count). The Labute approximate surface area is 312 Å². The molecule has 0 unspecified atom stereocenters. The zero-order chi connectivity index (χ0) is 35.6. The summed E-state index contributed by atoms with van der Waals surface area (Å²) < 4.78 is 6.66. The molecule has 0 N–H and O–H groups in total. The smallest absolute Gasteiger partial charge is 0.145 e. The van der Waals surface area contributed by atoms with Gasteiger partial charge in [0.05, 0.1) is 11.1 Å². The van der Waals surface area contributed by atoms with Crippen LogP contribution in [0.5, 0.6) is 0 Å². The van der Waals surface area contributed by atoms with Crippen LogP contribution in [0.4, 0.5) is 17.1 Å². The molecule has 0 aliphatic heterocycles. The molecule has 2 heteroatoms. The van der Waals surface area contributed by atoms with Gasteiger partial charge in [-0.2, -0.15) is 0 Å². The van der Waals surface area contributed by atoms with Crippen LogP contribution in [0.15, 0.2) is 205 Å². The SMILES string of the molecule is c1ccc(-c2ccc(N(c3ccc4cc(-c5cc6ccccc6c6ccccc56)ccc4c3)c3cc4ccccc4c4oc5ccccc5c34)cc2)cc1. The monoisotopic (exact) mass is 687 g/mol. The Morgan fingerprint density at radius 3 is 1.72 bits per heavy atom. The van der Waals surface area contributed by atoms with Crippen molar-refractivity contribution in [1.29, 1.82) is 0 Å². The maximum absolute atomic E-state index is 6.66. The van der Waals surface area contributed by atoms with E-state index >= 15 is 0 Å². The third-order valence-corrected chi connectivity index (χ3v) is 11.0. The van der Waals surface area contributed by atoms with Gasteiger partial charge in [-0.25, -0.2) is 0 Å². The van der Waals surface area contributed by atoms with E-state index in [4.69, 9.17) is 4.42 Å². The van der Waals surface area contributed by atoms with Crippen molar-refractivity contribution in [3.63, 3.8) is 0 Å². The van der Waals surface area contributed by atoms with Crippen LogP contribution >= 0.6 is 0 Å². The lowest BCUT2D eigenvalue weighted by atomic mass is 9.92. The minimum absolute atomic E-state index is 0.886. The highest BCUT2D eigenvalue weighted by atomic mass is 16.3. The lowest BCUT2D eigenvalue weighted by Crippen LogP contribution is -2.10. The molecule has 10 aromatic carbocycles. The third-order valence-electron chi connectivity index (χ3n) is 11.0. The number of nitrogens with zero attached hydrogens (tertiary/aromatic N) is 1. The van der Waals surface area contributed by atoms with E-state index in [1.54, 1.807) is 0 Å². The van der Waals surface area contributed by atoms with Crippen molar-refractivity contribution in [3.8, 4) is 22.3 Å². The van der Waals surface area contributed by atoms with E-state index in [1.807, 2.05) is 6.07 Å². The van der Waals surface area contributed by atoms with Gasteiger partial charge in [0.2, 0.25) is 0 Å². The van der Waals surface area contributed by atoms with Crippen LogP contribution in [0.25, 0.3) is 87.3 Å². The van der Waals surface area contributed by atoms with E-state index in [2.05, 4.69) is 199 Å². The molecule has 11 aromatic rings. The molecule has 1 aromatic heterocycles. The van der Waals surface area contributed by atoms with E-state index in [1.165, 1.54) is 54.6 Å². The second-order valence-electron chi connectivity index (χ2n) is 14.1. The van der Waals surface area contributed by atoms with E-state index < -0.39 is 0 Å². The zero-order valence-corrected chi connectivity index (χ0v) is 29.4. The first-order valence-corrected chi connectivity index (χ1v) is 18.5. The zero-order valence-electron chi connectivity index (χ0n) is 29.4. The van der Waals surface area contributed by atoms with Crippen molar-refractivity contribution in [2.45, 2.75) is 0 Å². The summed E-state index contributed by atoms with van der Waals surface area (Å²) in [5.41, 5.74) is 9.89. The van der Waals surface area contributed by atoms with E-state index in [0.29, 0.717) is 0 Å². The van der Waals surface area contributed by atoms with Gasteiger partial charge >= 0.3 is 0 Å². The highest BCUT2D eigenvalue weighted by molar-refractivity contribution is 6.22. The van der Waals surface area contributed by atoms with Crippen LogP contribution in [0.3, 0.4) is 0 Å². The maximum atomic E-state index is 6.66. The van der Waals surface area contributed by atoms with Gasteiger partial charge in [-0.15, -0.1) is 0 Å². The summed E-state index contributed by atoms with van der Waals surface area (Å²) in [6.07, 6.45) is 0. The standard InChI is InChI=1S/C52H33NO/c1-2-12-34(13-3-1)35-24-27-41(28-25-35)53(49-33-39-15-5-7-17-44(39)52-51(49)47-20-10-11-21-50(47)54-52)42-29-26-36-30-40(23-22-37(36)31-42)48-32-38-14-4-6-16-43(38)45-18-8-9-19-46(45)48/h1-33H. The summed E-state index contributed by atoms with van der Waals surface area (Å²) in [5, 5.41) is 11.9. The average Bonchev–Trinajstić information content (AvgIpc) is 3.64. The number of hydrogen-bond acceptors (Lipinski definition) is 2. The molecule has 54 heavy (non-hydrogen) atoms. The Hall–Kier alpha value is -7.16. The van der Waals surface area contributed by atoms with Crippen molar-refractivity contribution in [2.24, 2.45) is 0 Å². The molecule has 0 aliphatic rings. The lowest BCUT2D eigenvalue weighted by Gasteiger charge is -2.27. The summed E-state index contributed by atoms with van der Waals surface area (Å²) in [7, 11) is 0. The number of hydrogen-bond donors (Lipinski definition) is 0. The Bertz CT molecular complexity index is 3210. The van der Waals surface area contributed by atoms with Crippen LogP contribution < -0.4 is 4.90 Å². The summed E-state index contributed by atoms with van der Waals surface area (Å²) in [6, 6.07) is 72.3. The number of para-hydroxylation sites is 1.